The zero-order chi connectivity index (χ0) is 15.7. The van der Waals surface area contributed by atoms with Crippen LogP contribution in [0.3, 0.4) is 0 Å². The summed E-state index contributed by atoms with van der Waals surface area (Å²) in [5, 5.41) is 8.03. The normalized spacial score (nSPS) is 14.9. The maximum absolute atomic E-state index is 5.65. The van der Waals surface area contributed by atoms with Crippen molar-refractivity contribution in [2.75, 3.05) is 13.2 Å². The monoisotopic (exact) mass is 301 g/mol. The minimum Gasteiger partial charge on any atom is -0.486 e. The van der Waals surface area contributed by atoms with Crippen LogP contribution in [0.4, 0.5) is 0 Å². The fraction of sp³-hybridized carbons (Fsp3) is 0.471. The molecule has 0 saturated carbocycles. The molecule has 0 radical (unpaired) electrons. The van der Waals surface area contributed by atoms with Crippen molar-refractivity contribution in [1.29, 1.82) is 0 Å². The fourth-order valence-electron chi connectivity index (χ4n) is 2.78. The molecule has 0 fully saturated rings. The molecule has 1 aromatic heterocycles. The van der Waals surface area contributed by atoms with E-state index in [1.165, 1.54) is 16.8 Å². The lowest BCUT2D eigenvalue weighted by Gasteiger charge is -2.21. The molecule has 0 saturated heterocycles. The fourth-order valence-corrected chi connectivity index (χ4v) is 2.78. The number of hydrogen-bond acceptors (Lipinski definition) is 4. The maximum Gasteiger partial charge on any atom is 0.161 e. The number of aromatic nitrogens is 2. The van der Waals surface area contributed by atoms with Crippen molar-refractivity contribution in [2.45, 2.75) is 33.4 Å². The van der Waals surface area contributed by atoms with Crippen molar-refractivity contribution in [1.82, 2.24) is 15.1 Å². The van der Waals surface area contributed by atoms with Crippen LogP contribution >= 0.6 is 0 Å². The smallest absolute Gasteiger partial charge is 0.161 e. The summed E-state index contributed by atoms with van der Waals surface area (Å²) in [6, 6.07) is 6.38. The van der Waals surface area contributed by atoms with Crippen molar-refractivity contribution in [3.8, 4) is 11.5 Å². The number of nitrogens with zero attached hydrogens (tertiary/aromatic N) is 2. The van der Waals surface area contributed by atoms with Crippen LogP contribution in [0.25, 0.3) is 0 Å². The van der Waals surface area contributed by atoms with Gasteiger partial charge in [-0.2, -0.15) is 5.10 Å². The van der Waals surface area contributed by atoms with Crippen LogP contribution in [-0.2, 0) is 13.6 Å². The number of ether oxygens (including phenoxy) is 2. The average Bonchev–Trinajstić information content (AvgIpc) is 2.77. The molecular weight excluding hydrogens is 278 g/mol. The van der Waals surface area contributed by atoms with Gasteiger partial charge in [-0.25, -0.2) is 0 Å². The SMILES string of the molecule is Cc1nn(C)c(C)c1CN[C@@H](C)c1ccc2c(c1)OCCO2. The number of nitrogens with one attached hydrogen (secondary N) is 1. The van der Waals surface area contributed by atoms with E-state index in [1.807, 2.05) is 17.8 Å². The zero-order valence-corrected chi connectivity index (χ0v) is 13.6. The van der Waals surface area contributed by atoms with Crippen molar-refractivity contribution < 1.29 is 9.47 Å². The first kappa shape index (κ1) is 14.9. The van der Waals surface area contributed by atoms with E-state index in [0.717, 1.165) is 23.7 Å². The second-order valence-corrected chi connectivity index (χ2v) is 5.78. The quantitative estimate of drug-likeness (QED) is 0.943. The number of rotatable bonds is 4. The highest BCUT2D eigenvalue weighted by Gasteiger charge is 2.15. The molecule has 0 aliphatic carbocycles. The topological polar surface area (TPSA) is 48.3 Å². The molecule has 5 heteroatoms. The molecule has 5 nitrogen and oxygen atoms in total. The molecule has 2 aromatic rings. The molecule has 0 bridgehead atoms. The van der Waals surface area contributed by atoms with Gasteiger partial charge in [0.25, 0.3) is 0 Å². The molecule has 1 aliphatic rings. The lowest BCUT2D eigenvalue weighted by atomic mass is 10.1. The lowest BCUT2D eigenvalue weighted by molar-refractivity contribution is 0.171. The largest absolute Gasteiger partial charge is 0.486 e. The van der Waals surface area contributed by atoms with Gasteiger partial charge in [-0.05, 0) is 38.5 Å². The maximum atomic E-state index is 5.65. The standard InChI is InChI=1S/C17H23N3O2/c1-11(18-10-15-12(2)19-20(4)13(15)3)14-5-6-16-17(9-14)22-8-7-21-16/h5-6,9,11,18H,7-8,10H2,1-4H3/t11-/m0/s1. The number of hydrogen-bond donors (Lipinski definition) is 1. The van der Waals surface area contributed by atoms with Crippen LogP contribution in [0.5, 0.6) is 11.5 Å². The van der Waals surface area contributed by atoms with Crippen LogP contribution < -0.4 is 14.8 Å². The molecule has 1 atom stereocenters. The Balaban J connectivity index is 1.70. The Hall–Kier alpha value is -2.01. The Morgan fingerprint density at radius 2 is 1.95 bits per heavy atom. The molecule has 2 heterocycles. The van der Waals surface area contributed by atoms with E-state index in [1.54, 1.807) is 0 Å². The Morgan fingerprint density at radius 3 is 2.64 bits per heavy atom. The van der Waals surface area contributed by atoms with Crippen molar-refractivity contribution >= 4 is 0 Å². The van der Waals surface area contributed by atoms with E-state index in [4.69, 9.17) is 9.47 Å². The molecule has 0 spiro atoms. The summed E-state index contributed by atoms with van der Waals surface area (Å²) in [4.78, 5) is 0. The van der Waals surface area contributed by atoms with Crippen molar-refractivity contribution in [3.05, 3.63) is 40.7 Å². The van der Waals surface area contributed by atoms with Crippen LogP contribution in [0, 0.1) is 13.8 Å². The van der Waals surface area contributed by atoms with E-state index in [-0.39, 0.29) is 6.04 Å². The molecule has 118 valence electrons. The van der Waals surface area contributed by atoms with Gasteiger partial charge in [-0.15, -0.1) is 0 Å². The van der Waals surface area contributed by atoms with Gasteiger partial charge in [0.05, 0.1) is 5.69 Å². The molecule has 1 N–H and O–H groups in total. The summed E-state index contributed by atoms with van der Waals surface area (Å²) in [6.07, 6.45) is 0. The second-order valence-electron chi connectivity index (χ2n) is 5.78. The van der Waals surface area contributed by atoms with Gasteiger partial charge in [0.2, 0.25) is 0 Å². The van der Waals surface area contributed by atoms with Gasteiger partial charge < -0.3 is 14.8 Å². The Kier molecular flexibility index (Phi) is 4.07. The van der Waals surface area contributed by atoms with Gasteiger partial charge in [0.1, 0.15) is 13.2 Å². The molecule has 22 heavy (non-hydrogen) atoms. The predicted molar refractivity (Wildman–Crippen MR) is 85.4 cm³/mol. The molecular formula is C17H23N3O2. The third-order valence-electron chi connectivity index (χ3n) is 4.31. The minimum absolute atomic E-state index is 0.231. The first-order valence-electron chi connectivity index (χ1n) is 7.68. The highest BCUT2D eigenvalue weighted by molar-refractivity contribution is 5.44. The van der Waals surface area contributed by atoms with E-state index in [2.05, 4.69) is 43.3 Å². The highest BCUT2D eigenvalue weighted by atomic mass is 16.6. The molecule has 1 aliphatic heterocycles. The molecule has 0 amide bonds. The lowest BCUT2D eigenvalue weighted by Crippen LogP contribution is -2.20. The highest BCUT2D eigenvalue weighted by Crippen LogP contribution is 2.32. The summed E-state index contributed by atoms with van der Waals surface area (Å²) in [7, 11) is 1.98. The zero-order valence-electron chi connectivity index (χ0n) is 13.6. The van der Waals surface area contributed by atoms with E-state index in [0.29, 0.717) is 13.2 Å². The first-order valence-corrected chi connectivity index (χ1v) is 7.68. The van der Waals surface area contributed by atoms with Gasteiger partial charge in [0.15, 0.2) is 11.5 Å². The predicted octanol–water partition coefficient (Wildman–Crippen LogP) is 2.66. The Morgan fingerprint density at radius 1 is 1.23 bits per heavy atom. The van der Waals surface area contributed by atoms with Gasteiger partial charge in [0, 0.05) is 30.9 Å². The van der Waals surface area contributed by atoms with Crippen LogP contribution in [0.2, 0.25) is 0 Å². The summed E-state index contributed by atoms with van der Waals surface area (Å²) >= 11 is 0. The minimum atomic E-state index is 0.231. The number of fused-ring (bicyclic) bond motifs is 1. The first-order chi connectivity index (χ1) is 10.6. The van der Waals surface area contributed by atoms with Crippen molar-refractivity contribution in [3.63, 3.8) is 0 Å². The molecule has 1 aromatic carbocycles. The second kappa shape index (κ2) is 6.01. The summed E-state index contributed by atoms with van der Waals surface area (Å²) in [5.74, 6) is 1.67. The van der Waals surface area contributed by atoms with Crippen LogP contribution in [-0.4, -0.2) is 23.0 Å². The molecule has 3 rings (SSSR count). The Labute approximate surface area is 131 Å². The van der Waals surface area contributed by atoms with Gasteiger partial charge in [-0.1, -0.05) is 6.07 Å². The van der Waals surface area contributed by atoms with E-state index >= 15 is 0 Å². The van der Waals surface area contributed by atoms with Crippen molar-refractivity contribution in [2.24, 2.45) is 7.05 Å². The average molecular weight is 301 g/mol. The summed E-state index contributed by atoms with van der Waals surface area (Å²) in [6.45, 7) is 8.37. The van der Waals surface area contributed by atoms with Crippen LogP contribution in [0.1, 0.15) is 35.5 Å². The number of benzene rings is 1. The van der Waals surface area contributed by atoms with E-state index in [9.17, 15) is 0 Å². The third-order valence-corrected chi connectivity index (χ3v) is 4.31. The Bertz CT molecular complexity index is 679. The number of aryl methyl sites for hydroxylation is 2. The summed E-state index contributed by atoms with van der Waals surface area (Å²) in [5.41, 5.74) is 4.76. The van der Waals surface area contributed by atoms with E-state index < -0.39 is 0 Å². The van der Waals surface area contributed by atoms with Crippen LogP contribution in [0.15, 0.2) is 18.2 Å². The van der Waals surface area contributed by atoms with Gasteiger partial charge in [-0.3, -0.25) is 4.68 Å². The summed E-state index contributed by atoms with van der Waals surface area (Å²) < 4.78 is 13.1. The molecule has 0 unspecified atom stereocenters. The third kappa shape index (κ3) is 2.81. The van der Waals surface area contributed by atoms with Gasteiger partial charge >= 0.3 is 0 Å².